The van der Waals surface area contributed by atoms with Crippen molar-refractivity contribution in [2.75, 3.05) is 55.1 Å². The lowest BCUT2D eigenvalue weighted by molar-refractivity contribution is -0.129. The predicted molar refractivity (Wildman–Crippen MR) is 134 cm³/mol. The lowest BCUT2D eigenvalue weighted by Gasteiger charge is -2.37. The van der Waals surface area contributed by atoms with Crippen LogP contribution in [0.15, 0.2) is 77.7 Å². The Kier molecular flexibility index (Phi) is 6.69. The quantitative estimate of drug-likeness (QED) is 0.506. The van der Waals surface area contributed by atoms with Crippen LogP contribution in [0.25, 0.3) is 0 Å². The molecule has 0 N–H and O–H groups in total. The Balaban J connectivity index is 1.38. The third kappa shape index (κ3) is 4.94. The average molecular weight is 512 g/mol. The van der Waals surface area contributed by atoms with Gasteiger partial charge in [-0.2, -0.15) is 0 Å². The summed E-state index contributed by atoms with van der Waals surface area (Å²) in [6, 6.07) is 19.4. The summed E-state index contributed by atoms with van der Waals surface area (Å²) in [6.07, 6.45) is 0. The van der Waals surface area contributed by atoms with E-state index in [0.717, 1.165) is 16.1 Å². The molecule has 0 bridgehead atoms. The van der Waals surface area contributed by atoms with Crippen LogP contribution < -0.4 is 18.7 Å². The Bertz CT molecular complexity index is 1340. The lowest BCUT2D eigenvalue weighted by atomic mass is 10.2. The molecule has 3 aromatic rings. The van der Waals surface area contributed by atoms with Crippen molar-refractivity contribution in [3.8, 4) is 11.5 Å². The molecule has 0 aromatic heterocycles. The highest BCUT2D eigenvalue weighted by molar-refractivity contribution is 7.92. The van der Waals surface area contributed by atoms with E-state index in [2.05, 4.69) is 4.90 Å². The smallest absolute Gasteiger partial charge is 0.264 e. The molecule has 0 radical (unpaired) electrons. The molecule has 8 nitrogen and oxygen atoms in total. The van der Waals surface area contributed by atoms with Crippen LogP contribution in [0.4, 0.5) is 15.8 Å². The standard InChI is InChI=1S/C26H26FN3O5S/c27-20-5-4-8-22(17-20)30(36(32,33)23-9-10-24-25(18-23)35-16-15-34-24)19-26(31)29-13-11-28(12-14-29)21-6-2-1-3-7-21/h1-10,17-18H,11-16,19H2. The number of halogens is 1. The van der Waals surface area contributed by atoms with Gasteiger partial charge in [0.15, 0.2) is 11.5 Å². The molecule has 1 amide bonds. The van der Waals surface area contributed by atoms with Gasteiger partial charge in [-0.3, -0.25) is 9.10 Å². The van der Waals surface area contributed by atoms with Crippen molar-refractivity contribution in [3.05, 3.63) is 78.6 Å². The minimum absolute atomic E-state index is 0.0705. The van der Waals surface area contributed by atoms with Crippen LogP contribution in [-0.2, 0) is 14.8 Å². The van der Waals surface area contributed by atoms with E-state index in [0.29, 0.717) is 50.9 Å². The zero-order valence-electron chi connectivity index (χ0n) is 19.5. The average Bonchev–Trinajstić information content (AvgIpc) is 2.91. The largest absolute Gasteiger partial charge is 0.486 e. The number of sulfonamides is 1. The van der Waals surface area contributed by atoms with Crippen LogP contribution in [0.2, 0.25) is 0 Å². The summed E-state index contributed by atoms with van der Waals surface area (Å²) in [6.45, 7) is 2.39. The van der Waals surface area contributed by atoms with E-state index in [1.54, 1.807) is 4.90 Å². The minimum Gasteiger partial charge on any atom is -0.486 e. The van der Waals surface area contributed by atoms with Crippen molar-refractivity contribution in [2.24, 2.45) is 0 Å². The fourth-order valence-corrected chi connectivity index (χ4v) is 5.76. The minimum atomic E-state index is -4.22. The van der Waals surface area contributed by atoms with Crippen molar-refractivity contribution >= 4 is 27.3 Å². The topological polar surface area (TPSA) is 79.4 Å². The van der Waals surface area contributed by atoms with E-state index >= 15 is 0 Å². The summed E-state index contributed by atoms with van der Waals surface area (Å²) in [5, 5.41) is 0. The number of amides is 1. The summed E-state index contributed by atoms with van der Waals surface area (Å²) >= 11 is 0. The Labute approximate surface area is 209 Å². The molecule has 1 fully saturated rings. The molecule has 2 heterocycles. The molecule has 0 saturated carbocycles. The molecule has 0 unspecified atom stereocenters. The van der Waals surface area contributed by atoms with Crippen LogP contribution in [-0.4, -0.2) is 65.2 Å². The molecule has 10 heteroatoms. The van der Waals surface area contributed by atoms with Gasteiger partial charge in [0.1, 0.15) is 25.6 Å². The lowest BCUT2D eigenvalue weighted by Crippen LogP contribution is -2.52. The van der Waals surface area contributed by atoms with Gasteiger partial charge in [-0.1, -0.05) is 24.3 Å². The summed E-state index contributed by atoms with van der Waals surface area (Å²) in [5.74, 6) is -0.193. The Morgan fingerprint density at radius 3 is 2.31 bits per heavy atom. The number of fused-ring (bicyclic) bond motifs is 1. The number of hydrogen-bond acceptors (Lipinski definition) is 6. The van der Waals surface area contributed by atoms with E-state index < -0.39 is 22.4 Å². The van der Waals surface area contributed by atoms with Gasteiger partial charge in [-0.25, -0.2) is 12.8 Å². The molecule has 3 aromatic carbocycles. The van der Waals surface area contributed by atoms with Gasteiger partial charge >= 0.3 is 0 Å². The molecule has 0 spiro atoms. The first-order chi connectivity index (χ1) is 17.4. The fraction of sp³-hybridized carbons (Fsp3) is 0.269. The van der Waals surface area contributed by atoms with E-state index in [9.17, 15) is 17.6 Å². The van der Waals surface area contributed by atoms with E-state index in [4.69, 9.17) is 9.47 Å². The first kappa shape index (κ1) is 23.9. The van der Waals surface area contributed by atoms with Gasteiger partial charge in [0.25, 0.3) is 10.0 Å². The maximum atomic E-state index is 14.1. The van der Waals surface area contributed by atoms with Gasteiger partial charge in [-0.05, 0) is 42.5 Å². The number of benzene rings is 3. The molecule has 5 rings (SSSR count). The second-order valence-electron chi connectivity index (χ2n) is 8.50. The van der Waals surface area contributed by atoms with E-state index in [1.807, 2.05) is 30.3 Å². The first-order valence-corrected chi connectivity index (χ1v) is 13.1. The second kappa shape index (κ2) is 10.1. The van der Waals surface area contributed by atoms with E-state index in [-0.39, 0.29) is 16.5 Å². The third-order valence-electron chi connectivity index (χ3n) is 6.23. The maximum absolute atomic E-state index is 14.1. The summed E-state index contributed by atoms with van der Waals surface area (Å²) < 4.78 is 53.5. The van der Waals surface area contributed by atoms with Crippen molar-refractivity contribution in [2.45, 2.75) is 4.90 Å². The summed E-state index contributed by atoms with van der Waals surface area (Å²) in [4.78, 5) is 17.0. The predicted octanol–water partition coefficient (Wildman–Crippen LogP) is 3.14. The second-order valence-corrected chi connectivity index (χ2v) is 10.4. The molecule has 2 aliphatic heterocycles. The maximum Gasteiger partial charge on any atom is 0.264 e. The third-order valence-corrected chi connectivity index (χ3v) is 8.00. The number of para-hydroxylation sites is 1. The SMILES string of the molecule is O=C(CN(c1cccc(F)c1)S(=O)(=O)c1ccc2c(c1)OCCO2)N1CCN(c2ccccc2)CC1. The van der Waals surface area contributed by atoms with Crippen molar-refractivity contribution in [1.29, 1.82) is 0 Å². The normalized spacial score (nSPS) is 15.5. The van der Waals surface area contributed by atoms with Crippen LogP contribution >= 0.6 is 0 Å². The number of nitrogens with zero attached hydrogens (tertiary/aromatic N) is 3. The molecule has 0 aliphatic carbocycles. The summed E-state index contributed by atoms with van der Waals surface area (Å²) in [7, 11) is -4.22. The highest BCUT2D eigenvalue weighted by atomic mass is 32.2. The van der Waals surface area contributed by atoms with Gasteiger partial charge in [0.05, 0.1) is 10.6 Å². The number of piperazine rings is 1. The Morgan fingerprint density at radius 2 is 1.58 bits per heavy atom. The zero-order chi connectivity index (χ0) is 25.1. The number of rotatable bonds is 6. The first-order valence-electron chi connectivity index (χ1n) is 11.7. The van der Waals surface area contributed by atoms with Crippen molar-refractivity contribution in [1.82, 2.24) is 4.90 Å². The molecule has 36 heavy (non-hydrogen) atoms. The van der Waals surface area contributed by atoms with Crippen LogP contribution in [0.5, 0.6) is 11.5 Å². The van der Waals surface area contributed by atoms with Gasteiger partial charge in [0, 0.05) is 37.9 Å². The Hall–Kier alpha value is -3.79. The highest BCUT2D eigenvalue weighted by Crippen LogP contribution is 2.34. The van der Waals surface area contributed by atoms with Crippen molar-refractivity contribution in [3.63, 3.8) is 0 Å². The van der Waals surface area contributed by atoms with Gasteiger partial charge < -0.3 is 19.3 Å². The van der Waals surface area contributed by atoms with E-state index in [1.165, 1.54) is 36.4 Å². The van der Waals surface area contributed by atoms with Crippen LogP contribution in [0.3, 0.4) is 0 Å². The zero-order valence-corrected chi connectivity index (χ0v) is 20.4. The molecule has 2 aliphatic rings. The van der Waals surface area contributed by atoms with Crippen molar-refractivity contribution < 1.29 is 27.1 Å². The van der Waals surface area contributed by atoms with Gasteiger partial charge in [-0.15, -0.1) is 0 Å². The fourth-order valence-electron chi connectivity index (χ4n) is 4.33. The molecular formula is C26H26FN3O5S. The van der Waals surface area contributed by atoms with Crippen LogP contribution in [0, 0.1) is 5.82 Å². The molecule has 188 valence electrons. The highest BCUT2D eigenvalue weighted by Gasteiger charge is 2.31. The number of carbonyl (C=O) groups excluding carboxylic acids is 1. The number of carbonyl (C=O) groups is 1. The monoisotopic (exact) mass is 511 g/mol. The number of ether oxygens (including phenoxy) is 2. The molecular weight excluding hydrogens is 485 g/mol. The number of hydrogen-bond donors (Lipinski definition) is 0. The van der Waals surface area contributed by atoms with Gasteiger partial charge in [0.2, 0.25) is 5.91 Å². The summed E-state index contributed by atoms with van der Waals surface area (Å²) in [5.41, 5.74) is 1.15. The molecule has 0 atom stereocenters. The Morgan fingerprint density at radius 1 is 0.861 bits per heavy atom. The molecule has 1 saturated heterocycles. The number of anilines is 2. The van der Waals surface area contributed by atoms with Crippen LogP contribution in [0.1, 0.15) is 0 Å².